The molecule has 0 aliphatic rings. The molecule has 70 valence electrons. The normalized spacial score (nSPS) is 9.42. The van der Waals surface area contributed by atoms with Crippen molar-refractivity contribution in [3.05, 3.63) is 12.4 Å². The first-order valence-electron chi connectivity index (χ1n) is 3.74. The lowest BCUT2D eigenvalue weighted by Crippen LogP contribution is -2.06. The summed E-state index contributed by atoms with van der Waals surface area (Å²) in [6.45, 7) is 3.61. The summed E-state index contributed by atoms with van der Waals surface area (Å²) in [6.07, 6.45) is 0.327. The molecule has 1 aromatic heterocycles. The average molecular weight is 177 g/mol. The molecular formula is C7H13F2N3. The summed E-state index contributed by atoms with van der Waals surface area (Å²) in [5.41, 5.74) is 5.63. The molecule has 5 heteroatoms. The topological polar surface area (TPSA) is 43.8 Å². The summed E-state index contributed by atoms with van der Waals surface area (Å²) in [5.74, 6) is 0. The maximum atomic E-state index is 11.6. The van der Waals surface area contributed by atoms with Crippen LogP contribution in [-0.2, 0) is 6.54 Å². The van der Waals surface area contributed by atoms with E-state index in [1.54, 1.807) is 0 Å². The van der Waals surface area contributed by atoms with Gasteiger partial charge in [0.1, 0.15) is 6.54 Å². The molecule has 0 fully saturated rings. The van der Waals surface area contributed by atoms with Gasteiger partial charge in [-0.25, -0.2) is 8.78 Å². The molecule has 2 N–H and O–H groups in total. The lowest BCUT2D eigenvalue weighted by molar-refractivity contribution is 0.122. The Bertz CT molecular complexity index is 210. The quantitative estimate of drug-likeness (QED) is 0.748. The molecule has 12 heavy (non-hydrogen) atoms. The van der Waals surface area contributed by atoms with Gasteiger partial charge < -0.3 is 5.73 Å². The van der Waals surface area contributed by atoms with E-state index in [4.69, 9.17) is 5.73 Å². The minimum absolute atomic E-state index is 0.392. The van der Waals surface area contributed by atoms with E-state index in [1.165, 1.54) is 12.4 Å². The van der Waals surface area contributed by atoms with Gasteiger partial charge in [-0.2, -0.15) is 5.10 Å². The summed E-state index contributed by atoms with van der Waals surface area (Å²) >= 11 is 0. The van der Waals surface area contributed by atoms with Crippen LogP contribution in [0.3, 0.4) is 0 Å². The molecule has 1 aromatic rings. The van der Waals surface area contributed by atoms with Crippen molar-refractivity contribution in [3.8, 4) is 0 Å². The average Bonchev–Trinajstić information content (AvgIpc) is 2.39. The van der Waals surface area contributed by atoms with Crippen molar-refractivity contribution in [2.45, 2.75) is 26.8 Å². The maximum Gasteiger partial charge on any atom is 0.257 e. The number of nitrogens with zero attached hydrogens (tertiary/aromatic N) is 2. The van der Waals surface area contributed by atoms with Crippen molar-refractivity contribution in [1.82, 2.24) is 9.78 Å². The molecule has 0 radical (unpaired) electrons. The Kier molecular flexibility index (Phi) is 4.99. The van der Waals surface area contributed by atoms with Gasteiger partial charge in [-0.05, 0) is 0 Å². The number of anilines is 1. The molecule has 0 bridgehead atoms. The van der Waals surface area contributed by atoms with Crippen LogP contribution in [0.1, 0.15) is 13.8 Å². The number of nitrogen functional groups attached to an aromatic ring is 1. The zero-order valence-electron chi connectivity index (χ0n) is 7.17. The molecule has 0 saturated heterocycles. The van der Waals surface area contributed by atoms with Crippen molar-refractivity contribution in [2.75, 3.05) is 5.73 Å². The zero-order valence-corrected chi connectivity index (χ0v) is 7.17. The second-order valence-corrected chi connectivity index (χ2v) is 1.89. The van der Waals surface area contributed by atoms with Crippen LogP contribution < -0.4 is 5.73 Å². The van der Waals surface area contributed by atoms with E-state index in [1.807, 2.05) is 13.8 Å². The highest BCUT2D eigenvalue weighted by Crippen LogP contribution is 2.01. The minimum atomic E-state index is -2.38. The molecule has 0 atom stereocenters. The van der Waals surface area contributed by atoms with Crippen LogP contribution in [-0.4, -0.2) is 16.2 Å². The first kappa shape index (κ1) is 10.9. The minimum Gasteiger partial charge on any atom is -0.396 e. The molecule has 0 amide bonds. The third-order valence-corrected chi connectivity index (χ3v) is 0.978. The fraction of sp³-hybridized carbons (Fsp3) is 0.571. The van der Waals surface area contributed by atoms with Crippen LogP contribution in [0.15, 0.2) is 12.4 Å². The van der Waals surface area contributed by atoms with E-state index in [-0.39, 0.29) is 0 Å². The molecule has 0 unspecified atom stereocenters. The third kappa shape index (κ3) is 3.90. The van der Waals surface area contributed by atoms with Crippen LogP contribution in [0.2, 0.25) is 0 Å². The van der Waals surface area contributed by atoms with E-state index in [9.17, 15) is 8.78 Å². The fourth-order valence-electron chi connectivity index (χ4n) is 0.621. The van der Waals surface area contributed by atoms with Crippen LogP contribution in [0.5, 0.6) is 0 Å². The number of rotatable bonds is 2. The monoisotopic (exact) mass is 177 g/mol. The summed E-state index contributed by atoms with van der Waals surface area (Å²) in [6, 6.07) is 0. The van der Waals surface area contributed by atoms with Gasteiger partial charge in [-0.3, -0.25) is 4.68 Å². The van der Waals surface area contributed by atoms with Crippen molar-refractivity contribution < 1.29 is 8.78 Å². The second kappa shape index (κ2) is 5.51. The van der Waals surface area contributed by atoms with Crippen molar-refractivity contribution >= 4 is 5.69 Å². The summed E-state index contributed by atoms with van der Waals surface area (Å²) in [5, 5.41) is 3.57. The largest absolute Gasteiger partial charge is 0.396 e. The Labute approximate surface area is 70.2 Å². The SMILES string of the molecule is CC.Nc1cnn(CC(F)F)c1. The Morgan fingerprint density at radius 3 is 2.50 bits per heavy atom. The Hall–Kier alpha value is -1.13. The van der Waals surface area contributed by atoms with E-state index >= 15 is 0 Å². The summed E-state index contributed by atoms with van der Waals surface area (Å²) < 4.78 is 24.4. The van der Waals surface area contributed by atoms with Gasteiger partial charge in [0, 0.05) is 6.20 Å². The van der Waals surface area contributed by atoms with Crippen molar-refractivity contribution in [1.29, 1.82) is 0 Å². The Morgan fingerprint density at radius 1 is 1.58 bits per heavy atom. The molecular weight excluding hydrogens is 164 g/mol. The van der Waals surface area contributed by atoms with Gasteiger partial charge in [0.2, 0.25) is 0 Å². The maximum absolute atomic E-state index is 11.6. The molecule has 0 saturated carbocycles. The first-order valence-corrected chi connectivity index (χ1v) is 3.74. The third-order valence-electron chi connectivity index (χ3n) is 0.978. The number of hydrogen-bond donors (Lipinski definition) is 1. The second-order valence-electron chi connectivity index (χ2n) is 1.89. The number of aromatic nitrogens is 2. The van der Waals surface area contributed by atoms with E-state index in [0.717, 1.165) is 4.68 Å². The van der Waals surface area contributed by atoms with Crippen LogP contribution in [0.25, 0.3) is 0 Å². The zero-order chi connectivity index (χ0) is 9.56. The molecule has 0 spiro atoms. The van der Waals surface area contributed by atoms with Crippen LogP contribution >= 0.6 is 0 Å². The van der Waals surface area contributed by atoms with E-state index < -0.39 is 13.0 Å². The van der Waals surface area contributed by atoms with Gasteiger partial charge in [0.15, 0.2) is 0 Å². The van der Waals surface area contributed by atoms with Crippen LogP contribution in [0.4, 0.5) is 14.5 Å². The van der Waals surface area contributed by atoms with Gasteiger partial charge in [-0.1, -0.05) is 13.8 Å². The number of halogens is 2. The number of hydrogen-bond acceptors (Lipinski definition) is 2. The van der Waals surface area contributed by atoms with E-state index in [2.05, 4.69) is 5.10 Å². The number of alkyl halides is 2. The van der Waals surface area contributed by atoms with Gasteiger partial charge >= 0.3 is 0 Å². The van der Waals surface area contributed by atoms with Gasteiger partial charge in [0.25, 0.3) is 6.43 Å². The predicted molar refractivity (Wildman–Crippen MR) is 44.0 cm³/mol. The fourth-order valence-corrected chi connectivity index (χ4v) is 0.621. The Balaban J connectivity index is 0.000000561. The van der Waals surface area contributed by atoms with Gasteiger partial charge in [0.05, 0.1) is 11.9 Å². The van der Waals surface area contributed by atoms with Crippen LogP contribution in [0, 0.1) is 0 Å². The molecule has 3 nitrogen and oxygen atoms in total. The molecule has 1 heterocycles. The molecule has 0 aromatic carbocycles. The predicted octanol–water partition coefficient (Wildman–Crippen LogP) is 1.76. The summed E-state index contributed by atoms with van der Waals surface area (Å²) in [4.78, 5) is 0. The lowest BCUT2D eigenvalue weighted by atomic mass is 10.6. The highest BCUT2D eigenvalue weighted by atomic mass is 19.3. The molecule has 1 rings (SSSR count). The lowest BCUT2D eigenvalue weighted by Gasteiger charge is -1.96. The van der Waals surface area contributed by atoms with Gasteiger partial charge in [-0.15, -0.1) is 0 Å². The highest BCUT2D eigenvalue weighted by Gasteiger charge is 2.03. The molecule has 0 aliphatic carbocycles. The standard InChI is InChI=1S/C5H7F2N3.C2H6/c6-5(7)3-10-2-4(8)1-9-10;1-2/h1-2,5H,3,8H2;1-2H3. The smallest absolute Gasteiger partial charge is 0.257 e. The highest BCUT2D eigenvalue weighted by molar-refractivity contribution is 5.30. The number of nitrogens with two attached hydrogens (primary N) is 1. The first-order chi connectivity index (χ1) is 5.68. The molecule has 0 aliphatic heterocycles. The summed E-state index contributed by atoms with van der Waals surface area (Å²) in [7, 11) is 0. The van der Waals surface area contributed by atoms with Crippen molar-refractivity contribution in [3.63, 3.8) is 0 Å². The van der Waals surface area contributed by atoms with Crippen molar-refractivity contribution in [2.24, 2.45) is 0 Å². The van der Waals surface area contributed by atoms with E-state index in [0.29, 0.717) is 5.69 Å². The Morgan fingerprint density at radius 2 is 2.17 bits per heavy atom.